The first-order valence-corrected chi connectivity index (χ1v) is 9.16. The average molecular weight is 361 g/mol. The second-order valence-corrected chi connectivity index (χ2v) is 6.99. The van der Waals surface area contributed by atoms with Crippen LogP contribution in [0, 0.1) is 20.8 Å². The highest BCUT2D eigenvalue weighted by molar-refractivity contribution is 5.80. The van der Waals surface area contributed by atoms with Gasteiger partial charge in [-0.15, -0.1) is 0 Å². The zero-order chi connectivity index (χ0) is 19.0. The molecule has 0 spiro atoms. The van der Waals surface area contributed by atoms with Gasteiger partial charge in [0.1, 0.15) is 11.5 Å². The van der Waals surface area contributed by atoms with Gasteiger partial charge in [-0.3, -0.25) is 4.79 Å². The first kappa shape index (κ1) is 17.3. The molecule has 3 heterocycles. The zero-order valence-corrected chi connectivity index (χ0v) is 15.8. The van der Waals surface area contributed by atoms with Gasteiger partial charge in [0.25, 0.3) is 0 Å². The minimum Gasteiger partial charge on any atom is -0.350 e. The van der Waals surface area contributed by atoms with Crippen molar-refractivity contribution >= 4 is 22.6 Å². The van der Waals surface area contributed by atoms with Gasteiger partial charge in [-0.25, -0.2) is 9.97 Å². The van der Waals surface area contributed by atoms with Crippen molar-refractivity contribution in [3.63, 3.8) is 0 Å². The lowest BCUT2D eigenvalue weighted by Crippen LogP contribution is -2.23. The fourth-order valence-electron chi connectivity index (χ4n) is 3.28. The Morgan fingerprint density at radius 1 is 1.15 bits per heavy atom. The SMILES string of the molecule is Cc1ccc2[nH]c(CCC(=O)NCc3cn4c(C)cccc4n3)nc2c1C. The van der Waals surface area contributed by atoms with E-state index in [4.69, 9.17) is 0 Å². The van der Waals surface area contributed by atoms with Crippen LogP contribution in [0.3, 0.4) is 0 Å². The van der Waals surface area contributed by atoms with Crippen LogP contribution in [0.4, 0.5) is 0 Å². The Morgan fingerprint density at radius 3 is 2.81 bits per heavy atom. The summed E-state index contributed by atoms with van der Waals surface area (Å²) in [6.45, 7) is 6.62. The number of H-pyrrole nitrogens is 1. The highest BCUT2D eigenvalue weighted by Gasteiger charge is 2.10. The summed E-state index contributed by atoms with van der Waals surface area (Å²) in [4.78, 5) is 24.7. The number of aromatic nitrogens is 4. The number of hydrogen-bond donors (Lipinski definition) is 2. The van der Waals surface area contributed by atoms with Gasteiger partial charge in [0.2, 0.25) is 5.91 Å². The van der Waals surface area contributed by atoms with Gasteiger partial charge < -0.3 is 14.7 Å². The maximum atomic E-state index is 12.2. The largest absolute Gasteiger partial charge is 0.350 e. The summed E-state index contributed by atoms with van der Waals surface area (Å²) in [5, 5.41) is 2.95. The van der Waals surface area contributed by atoms with Crippen LogP contribution < -0.4 is 5.32 Å². The van der Waals surface area contributed by atoms with Crippen LogP contribution in [0.1, 0.15) is 34.8 Å². The molecule has 0 radical (unpaired) electrons. The molecule has 1 aromatic carbocycles. The van der Waals surface area contributed by atoms with Crippen molar-refractivity contribution in [1.29, 1.82) is 0 Å². The van der Waals surface area contributed by atoms with E-state index in [0.717, 1.165) is 33.9 Å². The molecule has 6 heteroatoms. The lowest BCUT2D eigenvalue weighted by Gasteiger charge is -2.02. The lowest BCUT2D eigenvalue weighted by atomic mass is 10.1. The van der Waals surface area contributed by atoms with E-state index in [1.165, 1.54) is 11.1 Å². The maximum Gasteiger partial charge on any atom is 0.220 e. The predicted molar refractivity (Wildman–Crippen MR) is 106 cm³/mol. The Morgan fingerprint density at radius 2 is 2.00 bits per heavy atom. The number of nitrogens with zero attached hydrogens (tertiary/aromatic N) is 3. The Hall–Kier alpha value is -3.15. The monoisotopic (exact) mass is 361 g/mol. The standard InChI is InChI=1S/C21H23N5O/c1-13-7-8-17-21(15(13)3)25-18(24-17)9-10-20(27)22-11-16-12-26-14(2)5-4-6-19(26)23-16/h4-8,12H,9-11H2,1-3H3,(H,22,27)(H,24,25). The fourth-order valence-corrected chi connectivity index (χ4v) is 3.28. The number of amides is 1. The minimum absolute atomic E-state index is 0.00265. The van der Waals surface area contributed by atoms with Gasteiger partial charge in [-0.2, -0.15) is 0 Å². The normalized spacial score (nSPS) is 11.4. The molecule has 0 bridgehead atoms. The zero-order valence-electron chi connectivity index (χ0n) is 15.8. The molecule has 0 saturated carbocycles. The van der Waals surface area contributed by atoms with Gasteiger partial charge in [0, 0.05) is 24.7 Å². The number of rotatable bonds is 5. The summed E-state index contributed by atoms with van der Waals surface area (Å²) < 4.78 is 2.03. The van der Waals surface area contributed by atoms with E-state index < -0.39 is 0 Å². The Bertz CT molecular complexity index is 1140. The molecule has 0 aliphatic carbocycles. The van der Waals surface area contributed by atoms with Crippen LogP contribution in [0.5, 0.6) is 0 Å². The van der Waals surface area contributed by atoms with Crippen LogP contribution in [0.25, 0.3) is 16.7 Å². The third-order valence-corrected chi connectivity index (χ3v) is 5.03. The maximum absolute atomic E-state index is 12.2. The molecular weight excluding hydrogens is 338 g/mol. The number of aryl methyl sites for hydroxylation is 4. The molecule has 1 amide bonds. The topological polar surface area (TPSA) is 75.1 Å². The van der Waals surface area contributed by atoms with Gasteiger partial charge >= 0.3 is 0 Å². The van der Waals surface area contributed by atoms with Crippen LogP contribution >= 0.6 is 0 Å². The Labute approximate surface area is 157 Å². The first-order chi connectivity index (χ1) is 13.0. The molecule has 0 aliphatic rings. The van der Waals surface area contributed by atoms with Crippen molar-refractivity contribution in [2.45, 2.75) is 40.2 Å². The number of hydrogen-bond acceptors (Lipinski definition) is 3. The van der Waals surface area contributed by atoms with Crippen LogP contribution in [-0.2, 0) is 17.8 Å². The van der Waals surface area contributed by atoms with Crippen LogP contribution in [-0.4, -0.2) is 25.3 Å². The third-order valence-electron chi connectivity index (χ3n) is 5.03. The molecule has 0 saturated heterocycles. The van der Waals surface area contributed by atoms with Crippen LogP contribution in [0.15, 0.2) is 36.5 Å². The van der Waals surface area contributed by atoms with E-state index in [1.54, 1.807) is 0 Å². The molecule has 4 aromatic rings. The summed E-state index contributed by atoms with van der Waals surface area (Å²) in [5.74, 6) is 0.842. The molecule has 3 aromatic heterocycles. The van der Waals surface area contributed by atoms with E-state index >= 15 is 0 Å². The molecule has 0 unspecified atom stereocenters. The molecule has 0 aliphatic heterocycles. The molecule has 4 rings (SSSR count). The van der Waals surface area contributed by atoms with E-state index in [2.05, 4.69) is 40.2 Å². The van der Waals surface area contributed by atoms with E-state index in [1.807, 2.05) is 41.8 Å². The van der Waals surface area contributed by atoms with E-state index in [-0.39, 0.29) is 5.91 Å². The molecular formula is C21H23N5O. The number of carbonyl (C=O) groups is 1. The summed E-state index contributed by atoms with van der Waals surface area (Å²) in [5.41, 5.74) is 7.29. The third kappa shape index (κ3) is 3.43. The quantitative estimate of drug-likeness (QED) is 0.572. The van der Waals surface area contributed by atoms with E-state index in [9.17, 15) is 4.79 Å². The molecule has 0 fully saturated rings. The van der Waals surface area contributed by atoms with Gasteiger partial charge in [0.05, 0.1) is 23.3 Å². The molecule has 0 atom stereocenters. The number of aromatic amines is 1. The second kappa shape index (κ2) is 6.87. The average Bonchev–Trinajstić information content (AvgIpc) is 3.26. The number of fused-ring (bicyclic) bond motifs is 2. The molecule has 2 N–H and O–H groups in total. The van der Waals surface area contributed by atoms with Crippen molar-refractivity contribution in [2.24, 2.45) is 0 Å². The summed E-state index contributed by atoms with van der Waals surface area (Å²) in [6, 6.07) is 10.1. The molecule has 6 nitrogen and oxygen atoms in total. The number of nitrogens with one attached hydrogen (secondary N) is 2. The minimum atomic E-state index is -0.00265. The van der Waals surface area contributed by atoms with Gasteiger partial charge in [-0.1, -0.05) is 12.1 Å². The number of imidazole rings is 2. The van der Waals surface area contributed by atoms with Crippen LogP contribution in [0.2, 0.25) is 0 Å². The number of benzene rings is 1. The second-order valence-electron chi connectivity index (χ2n) is 6.99. The van der Waals surface area contributed by atoms with E-state index in [0.29, 0.717) is 19.4 Å². The van der Waals surface area contributed by atoms with Gasteiger partial charge in [-0.05, 0) is 50.1 Å². The predicted octanol–water partition coefficient (Wildman–Crippen LogP) is 3.38. The Kier molecular flexibility index (Phi) is 4.39. The smallest absolute Gasteiger partial charge is 0.220 e. The highest BCUT2D eigenvalue weighted by Crippen LogP contribution is 2.19. The van der Waals surface area contributed by atoms with Gasteiger partial charge in [0.15, 0.2) is 0 Å². The van der Waals surface area contributed by atoms with Crippen molar-refractivity contribution < 1.29 is 4.79 Å². The number of pyridine rings is 1. The fraction of sp³-hybridized carbons (Fsp3) is 0.286. The number of carbonyl (C=O) groups excluding carboxylic acids is 1. The summed E-state index contributed by atoms with van der Waals surface area (Å²) in [7, 11) is 0. The lowest BCUT2D eigenvalue weighted by molar-refractivity contribution is -0.121. The molecule has 138 valence electrons. The summed E-state index contributed by atoms with van der Waals surface area (Å²) in [6.07, 6.45) is 2.95. The summed E-state index contributed by atoms with van der Waals surface area (Å²) >= 11 is 0. The molecule has 27 heavy (non-hydrogen) atoms. The van der Waals surface area contributed by atoms with Crippen molar-refractivity contribution in [2.75, 3.05) is 0 Å². The Balaban J connectivity index is 1.36. The van der Waals surface area contributed by atoms with Crippen molar-refractivity contribution in [1.82, 2.24) is 24.7 Å². The van der Waals surface area contributed by atoms with Crippen molar-refractivity contribution in [3.8, 4) is 0 Å². The highest BCUT2D eigenvalue weighted by atomic mass is 16.1. The first-order valence-electron chi connectivity index (χ1n) is 9.16. The van der Waals surface area contributed by atoms with Crippen molar-refractivity contribution in [3.05, 3.63) is 64.9 Å².